The third-order valence-corrected chi connectivity index (χ3v) is 2.45. The summed E-state index contributed by atoms with van der Waals surface area (Å²) in [5, 5.41) is 2.78. The van der Waals surface area contributed by atoms with Gasteiger partial charge in [0, 0.05) is 11.3 Å². The van der Waals surface area contributed by atoms with Crippen LogP contribution in [0.5, 0.6) is 0 Å². The molecule has 0 atom stereocenters. The van der Waals surface area contributed by atoms with Crippen LogP contribution in [0.2, 0.25) is 0 Å². The van der Waals surface area contributed by atoms with Crippen LogP contribution in [0.25, 0.3) is 0 Å². The van der Waals surface area contributed by atoms with Crippen molar-refractivity contribution in [2.24, 2.45) is 0 Å². The van der Waals surface area contributed by atoms with Gasteiger partial charge in [-0.2, -0.15) is 0 Å². The molecular weight excluding hydrogens is 212 g/mol. The minimum atomic E-state index is -0.133. The molecule has 3 nitrogen and oxygen atoms in total. The largest absolute Gasteiger partial charge is 0.307 e. The van der Waals surface area contributed by atoms with Crippen molar-refractivity contribution in [3.63, 3.8) is 0 Å². The van der Waals surface area contributed by atoms with Crippen LogP contribution in [-0.4, -0.2) is 10.9 Å². The number of amides is 1. The number of pyridine rings is 1. The number of hydrogen-bond donors (Lipinski definition) is 1. The van der Waals surface area contributed by atoms with E-state index >= 15 is 0 Å². The van der Waals surface area contributed by atoms with Crippen LogP contribution in [0.3, 0.4) is 0 Å². The van der Waals surface area contributed by atoms with E-state index in [2.05, 4.69) is 10.3 Å². The Morgan fingerprint density at radius 1 is 1.12 bits per heavy atom. The number of carbonyl (C=O) groups is 1. The van der Waals surface area contributed by atoms with Gasteiger partial charge in [0.15, 0.2) is 0 Å². The van der Waals surface area contributed by atoms with Crippen molar-refractivity contribution in [3.8, 4) is 0 Å². The number of hydrogen-bond acceptors (Lipinski definition) is 2. The normalized spacial score (nSPS) is 9.94. The van der Waals surface area contributed by atoms with Crippen molar-refractivity contribution in [1.29, 1.82) is 0 Å². The predicted molar refractivity (Wildman–Crippen MR) is 68.0 cm³/mol. The topological polar surface area (TPSA) is 42.0 Å². The Kier molecular flexibility index (Phi) is 3.50. The number of aromatic nitrogens is 1. The quantitative estimate of drug-likeness (QED) is 0.874. The molecule has 17 heavy (non-hydrogen) atoms. The summed E-state index contributed by atoms with van der Waals surface area (Å²) in [5.74, 6) is 0.463. The molecule has 1 aromatic heterocycles. The van der Waals surface area contributed by atoms with E-state index in [-0.39, 0.29) is 5.91 Å². The van der Waals surface area contributed by atoms with Gasteiger partial charge in [0.1, 0.15) is 5.82 Å². The first-order valence-corrected chi connectivity index (χ1v) is 5.62. The first kappa shape index (κ1) is 11.3. The molecule has 1 amide bonds. The summed E-state index contributed by atoms with van der Waals surface area (Å²) in [4.78, 5) is 16.2. The van der Waals surface area contributed by atoms with Gasteiger partial charge < -0.3 is 5.32 Å². The van der Waals surface area contributed by atoms with E-state index < -0.39 is 0 Å². The lowest BCUT2D eigenvalue weighted by atomic mass is 10.2. The fourth-order valence-corrected chi connectivity index (χ4v) is 1.52. The number of aryl methyl sites for hydroxylation is 1. The van der Waals surface area contributed by atoms with Crippen molar-refractivity contribution >= 4 is 11.7 Å². The first-order valence-electron chi connectivity index (χ1n) is 5.62. The molecule has 0 aliphatic rings. The van der Waals surface area contributed by atoms with Crippen molar-refractivity contribution in [2.45, 2.75) is 13.3 Å². The Morgan fingerprint density at radius 3 is 2.59 bits per heavy atom. The Morgan fingerprint density at radius 2 is 1.88 bits per heavy atom. The molecule has 0 bridgehead atoms. The lowest BCUT2D eigenvalue weighted by Gasteiger charge is -2.05. The van der Waals surface area contributed by atoms with Gasteiger partial charge in [-0.15, -0.1) is 0 Å². The maximum Gasteiger partial charge on any atom is 0.256 e. The third-order valence-electron chi connectivity index (χ3n) is 2.45. The van der Waals surface area contributed by atoms with Crippen LogP contribution >= 0.6 is 0 Å². The fourth-order valence-electron chi connectivity index (χ4n) is 1.52. The predicted octanol–water partition coefficient (Wildman–Crippen LogP) is 2.90. The fraction of sp³-hybridized carbons (Fsp3) is 0.143. The molecule has 0 fully saturated rings. The summed E-state index contributed by atoms with van der Waals surface area (Å²) in [7, 11) is 0. The van der Waals surface area contributed by atoms with Gasteiger partial charge in [-0.3, -0.25) is 4.79 Å². The molecular formula is C14H14N2O. The van der Waals surface area contributed by atoms with Crippen LogP contribution in [0.4, 0.5) is 5.82 Å². The molecule has 2 rings (SSSR count). The zero-order chi connectivity index (χ0) is 12.1. The zero-order valence-corrected chi connectivity index (χ0v) is 9.68. The van der Waals surface area contributed by atoms with Gasteiger partial charge in [-0.25, -0.2) is 4.98 Å². The van der Waals surface area contributed by atoms with Crippen LogP contribution in [-0.2, 0) is 6.42 Å². The Hall–Kier alpha value is -2.16. The highest BCUT2D eigenvalue weighted by molar-refractivity contribution is 6.03. The summed E-state index contributed by atoms with van der Waals surface area (Å²) >= 11 is 0. The number of nitrogens with zero attached hydrogens (tertiary/aromatic N) is 1. The van der Waals surface area contributed by atoms with E-state index in [1.807, 2.05) is 37.3 Å². The maximum atomic E-state index is 11.9. The lowest BCUT2D eigenvalue weighted by molar-refractivity contribution is 0.102. The van der Waals surface area contributed by atoms with Crippen molar-refractivity contribution in [1.82, 2.24) is 4.98 Å². The van der Waals surface area contributed by atoms with Crippen LogP contribution in [0, 0.1) is 0 Å². The highest BCUT2D eigenvalue weighted by Crippen LogP contribution is 2.08. The summed E-state index contributed by atoms with van der Waals surface area (Å²) in [5.41, 5.74) is 1.60. The number of carbonyl (C=O) groups excluding carboxylic acids is 1. The van der Waals surface area contributed by atoms with Gasteiger partial charge in [-0.1, -0.05) is 31.2 Å². The van der Waals surface area contributed by atoms with E-state index in [9.17, 15) is 4.79 Å². The average molecular weight is 226 g/mol. The summed E-state index contributed by atoms with van der Waals surface area (Å²) in [6.07, 6.45) is 0.856. The third kappa shape index (κ3) is 2.91. The molecule has 86 valence electrons. The summed E-state index contributed by atoms with van der Waals surface area (Å²) in [6, 6.07) is 14.7. The van der Waals surface area contributed by atoms with Crippen molar-refractivity contribution in [2.75, 3.05) is 5.32 Å². The molecule has 0 saturated carbocycles. The van der Waals surface area contributed by atoms with E-state index in [1.165, 1.54) is 0 Å². The highest BCUT2D eigenvalue weighted by Gasteiger charge is 2.05. The molecule has 0 radical (unpaired) electrons. The second-order valence-electron chi connectivity index (χ2n) is 3.69. The highest BCUT2D eigenvalue weighted by atomic mass is 16.1. The first-order chi connectivity index (χ1) is 8.29. The number of rotatable bonds is 3. The molecule has 3 heteroatoms. The molecule has 1 aromatic carbocycles. The monoisotopic (exact) mass is 226 g/mol. The average Bonchev–Trinajstić information content (AvgIpc) is 2.40. The second kappa shape index (κ2) is 5.25. The lowest BCUT2D eigenvalue weighted by Crippen LogP contribution is -2.13. The molecule has 0 spiro atoms. The van der Waals surface area contributed by atoms with E-state index in [4.69, 9.17) is 0 Å². The van der Waals surface area contributed by atoms with Gasteiger partial charge >= 0.3 is 0 Å². The van der Waals surface area contributed by atoms with Gasteiger partial charge in [0.05, 0.1) is 0 Å². The molecule has 0 saturated heterocycles. The van der Waals surface area contributed by atoms with Gasteiger partial charge in [0.2, 0.25) is 0 Å². The number of nitrogens with one attached hydrogen (secondary N) is 1. The van der Waals surface area contributed by atoms with E-state index in [0.717, 1.165) is 12.1 Å². The van der Waals surface area contributed by atoms with Crippen molar-refractivity contribution < 1.29 is 4.79 Å². The van der Waals surface area contributed by atoms with Gasteiger partial charge in [0.25, 0.3) is 5.91 Å². The Balaban J connectivity index is 2.13. The molecule has 0 unspecified atom stereocenters. The number of anilines is 1. The zero-order valence-electron chi connectivity index (χ0n) is 9.68. The van der Waals surface area contributed by atoms with Gasteiger partial charge in [-0.05, 0) is 30.7 Å². The van der Waals surface area contributed by atoms with E-state index in [1.54, 1.807) is 18.2 Å². The van der Waals surface area contributed by atoms with Crippen LogP contribution in [0.15, 0.2) is 48.5 Å². The SMILES string of the molecule is CCc1cccc(NC(=O)c2ccccc2)n1. The smallest absolute Gasteiger partial charge is 0.256 e. The maximum absolute atomic E-state index is 11.9. The standard InChI is InChI=1S/C14H14N2O/c1-2-12-9-6-10-13(15-12)16-14(17)11-7-4-3-5-8-11/h3-10H,2H2,1H3,(H,15,16,17). The Bertz CT molecular complexity index is 509. The summed E-state index contributed by atoms with van der Waals surface area (Å²) in [6.45, 7) is 2.03. The molecule has 1 N–H and O–H groups in total. The minimum Gasteiger partial charge on any atom is -0.307 e. The molecule has 1 heterocycles. The molecule has 0 aliphatic carbocycles. The summed E-state index contributed by atoms with van der Waals surface area (Å²) < 4.78 is 0. The second-order valence-corrected chi connectivity index (χ2v) is 3.69. The van der Waals surface area contributed by atoms with Crippen molar-refractivity contribution in [3.05, 3.63) is 59.8 Å². The number of benzene rings is 1. The van der Waals surface area contributed by atoms with Crippen LogP contribution < -0.4 is 5.32 Å². The van der Waals surface area contributed by atoms with Crippen LogP contribution in [0.1, 0.15) is 23.0 Å². The molecule has 2 aromatic rings. The minimum absolute atomic E-state index is 0.133. The van der Waals surface area contributed by atoms with E-state index in [0.29, 0.717) is 11.4 Å². The molecule has 0 aliphatic heterocycles. The Labute approximate surface area is 101 Å².